The lowest BCUT2D eigenvalue weighted by Gasteiger charge is -2.08. The summed E-state index contributed by atoms with van der Waals surface area (Å²) in [5, 5.41) is 11.6. The van der Waals surface area contributed by atoms with Crippen LogP contribution in [0.3, 0.4) is 0 Å². The fourth-order valence-electron chi connectivity index (χ4n) is 2.58. The molecule has 0 amide bonds. The number of hydrogen-bond acceptors (Lipinski definition) is 3. The maximum atomic E-state index is 5.33. The standard InChI is InChI=1S/C15H11N3O/c1-19-10-6-7-12-13(8-10)11-4-2-3-5-14(11)18-15(12)9-16-17-18/h2-9H,1H3. The van der Waals surface area contributed by atoms with Gasteiger partial charge in [0.1, 0.15) is 5.75 Å². The third-order valence-electron chi connectivity index (χ3n) is 3.47. The van der Waals surface area contributed by atoms with Gasteiger partial charge in [-0.25, -0.2) is 4.52 Å². The van der Waals surface area contributed by atoms with Crippen molar-refractivity contribution in [1.29, 1.82) is 0 Å². The van der Waals surface area contributed by atoms with Crippen molar-refractivity contribution in [1.82, 2.24) is 14.8 Å². The molecule has 0 atom stereocenters. The highest BCUT2D eigenvalue weighted by Gasteiger charge is 2.09. The van der Waals surface area contributed by atoms with E-state index in [1.165, 1.54) is 0 Å². The van der Waals surface area contributed by atoms with Gasteiger partial charge in [-0.2, -0.15) is 0 Å². The summed E-state index contributed by atoms with van der Waals surface area (Å²) < 4.78 is 7.21. The average Bonchev–Trinajstić information content (AvgIpc) is 2.96. The largest absolute Gasteiger partial charge is 0.497 e. The Hall–Kier alpha value is -2.62. The lowest BCUT2D eigenvalue weighted by molar-refractivity contribution is 0.415. The number of methoxy groups -OCH3 is 1. The molecule has 0 saturated heterocycles. The zero-order valence-electron chi connectivity index (χ0n) is 10.4. The minimum Gasteiger partial charge on any atom is -0.497 e. The fraction of sp³-hybridized carbons (Fsp3) is 0.0667. The molecule has 19 heavy (non-hydrogen) atoms. The Labute approximate surface area is 109 Å². The van der Waals surface area contributed by atoms with Gasteiger partial charge < -0.3 is 4.74 Å². The van der Waals surface area contributed by atoms with Crippen LogP contribution in [0.25, 0.3) is 27.2 Å². The van der Waals surface area contributed by atoms with Gasteiger partial charge >= 0.3 is 0 Å². The molecule has 92 valence electrons. The van der Waals surface area contributed by atoms with E-state index in [-0.39, 0.29) is 0 Å². The Morgan fingerprint density at radius 3 is 2.68 bits per heavy atom. The van der Waals surface area contributed by atoms with E-state index in [9.17, 15) is 0 Å². The van der Waals surface area contributed by atoms with Crippen LogP contribution in [0.5, 0.6) is 5.75 Å². The van der Waals surface area contributed by atoms with Crippen LogP contribution in [0.1, 0.15) is 0 Å². The molecule has 0 aliphatic carbocycles. The van der Waals surface area contributed by atoms with E-state index in [0.717, 1.165) is 32.9 Å². The van der Waals surface area contributed by atoms with E-state index in [2.05, 4.69) is 34.6 Å². The molecule has 2 aromatic heterocycles. The zero-order chi connectivity index (χ0) is 12.8. The molecule has 0 aliphatic heterocycles. The summed E-state index contributed by atoms with van der Waals surface area (Å²) in [6.07, 6.45) is 1.79. The van der Waals surface area contributed by atoms with Crippen LogP contribution in [0.4, 0.5) is 0 Å². The monoisotopic (exact) mass is 249 g/mol. The van der Waals surface area contributed by atoms with E-state index in [1.54, 1.807) is 13.3 Å². The average molecular weight is 249 g/mol. The molecule has 4 aromatic rings. The van der Waals surface area contributed by atoms with Crippen molar-refractivity contribution >= 4 is 27.2 Å². The number of rotatable bonds is 1. The molecule has 0 spiro atoms. The van der Waals surface area contributed by atoms with Crippen LogP contribution in [-0.2, 0) is 0 Å². The quantitative estimate of drug-likeness (QED) is 0.487. The summed E-state index contributed by atoms with van der Waals surface area (Å²) in [4.78, 5) is 0. The van der Waals surface area contributed by atoms with Gasteiger partial charge in [0.15, 0.2) is 0 Å². The van der Waals surface area contributed by atoms with E-state index in [4.69, 9.17) is 4.74 Å². The van der Waals surface area contributed by atoms with Gasteiger partial charge in [0.2, 0.25) is 0 Å². The van der Waals surface area contributed by atoms with Crippen molar-refractivity contribution in [2.24, 2.45) is 0 Å². The highest BCUT2D eigenvalue weighted by Crippen LogP contribution is 2.31. The molecule has 0 N–H and O–H groups in total. The lowest BCUT2D eigenvalue weighted by Crippen LogP contribution is -1.93. The summed E-state index contributed by atoms with van der Waals surface area (Å²) in [7, 11) is 1.68. The van der Waals surface area contributed by atoms with Gasteiger partial charge in [0.25, 0.3) is 0 Å². The highest BCUT2D eigenvalue weighted by atomic mass is 16.5. The van der Waals surface area contributed by atoms with Crippen LogP contribution in [0.2, 0.25) is 0 Å². The number of pyridine rings is 1. The van der Waals surface area contributed by atoms with E-state index < -0.39 is 0 Å². The third kappa shape index (κ3) is 1.34. The first kappa shape index (κ1) is 10.3. The van der Waals surface area contributed by atoms with Crippen LogP contribution >= 0.6 is 0 Å². The molecular weight excluding hydrogens is 238 g/mol. The first-order valence-corrected chi connectivity index (χ1v) is 6.07. The number of nitrogens with zero attached hydrogens (tertiary/aromatic N) is 3. The summed E-state index contributed by atoms with van der Waals surface area (Å²) in [6, 6.07) is 14.3. The molecule has 4 nitrogen and oxygen atoms in total. The maximum Gasteiger partial charge on any atom is 0.119 e. The van der Waals surface area contributed by atoms with Crippen LogP contribution in [-0.4, -0.2) is 21.9 Å². The summed E-state index contributed by atoms with van der Waals surface area (Å²) in [6.45, 7) is 0. The molecule has 0 radical (unpaired) electrons. The van der Waals surface area contributed by atoms with Crippen molar-refractivity contribution in [3.8, 4) is 5.75 Å². The summed E-state index contributed by atoms with van der Waals surface area (Å²) in [5.74, 6) is 0.856. The Morgan fingerprint density at radius 1 is 0.947 bits per heavy atom. The summed E-state index contributed by atoms with van der Waals surface area (Å²) >= 11 is 0. The van der Waals surface area contributed by atoms with Crippen LogP contribution in [0, 0.1) is 0 Å². The summed E-state index contributed by atoms with van der Waals surface area (Å²) in [5.41, 5.74) is 2.06. The first-order chi connectivity index (χ1) is 9.38. The second kappa shape index (κ2) is 3.68. The second-order valence-corrected chi connectivity index (χ2v) is 4.46. The van der Waals surface area contributed by atoms with Crippen molar-refractivity contribution in [2.45, 2.75) is 0 Å². The fourth-order valence-corrected chi connectivity index (χ4v) is 2.58. The molecule has 4 rings (SSSR count). The number of ether oxygens (including phenoxy) is 1. The number of aromatic nitrogens is 3. The smallest absolute Gasteiger partial charge is 0.119 e. The molecule has 4 heteroatoms. The highest BCUT2D eigenvalue weighted by molar-refractivity contribution is 6.12. The molecule has 0 saturated carbocycles. The van der Waals surface area contributed by atoms with Crippen LogP contribution < -0.4 is 4.74 Å². The van der Waals surface area contributed by atoms with Gasteiger partial charge in [0, 0.05) is 10.8 Å². The Bertz CT molecular complexity index is 911. The topological polar surface area (TPSA) is 39.4 Å². The number of fused-ring (bicyclic) bond motifs is 6. The van der Waals surface area contributed by atoms with E-state index in [1.807, 2.05) is 22.7 Å². The van der Waals surface area contributed by atoms with Gasteiger partial charge in [-0.15, -0.1) is 5.10 Å². The predicted octanol–water partition coefficient (Wildman–Crippen LogP) is 3.04. The van der Waals surface area contributed by atoms with E-state index >= 15 is 0 Å². The van der Waals surface area contributed by atoms with E-state index in [0.29, 0.717) is 0 Å². The van der Waals surface area contributed by atoms with Crippen LogP contribution in [0.15, 0.2) is 48.7 Å². The maximum absolute atomic E-state index is 5.33. The molecule has 0 fully saturated rings. The van der Waals surface area contributed by atoms with Gasteiger partial charge in [-0.1, -0.05) is 23.4 Å². The minimum absolute atomic E-state index is 0.856. The molecule has 0 unspecified atom stereocenters. The Morgan fingerprint density at radius 2 is 1.79 bits per heavy atom. The van der Waals surface area contributed by atoms with Crippen molar-refractivity contribution in [2.75, 3.05) is 7.11 Å². The SMILES string of the molecule is COc1ccc2c(c1)c1ccccc1n1nncc21. The number of benzene rings is 2. The van der Waals surface area contributed by atoms with Crippen molar-refractivity contribution in [3.05, 3.63) is 48.7 Å². The predicted molar refractivity (Wildman–Crippen MR) is 74.6 cm³/mol. The van der Waals surface area contributed by atoms with Gasteiger partial charge in [-0.3, -0.25) is 0 Å². The lowest BCUT2D eigenvalue weighted by atomic mass is 10.0. The molecule has 0 aliphatic rings. The number of hydrogen-bond donors (Lipinski definition) is 0. The third-order valence-corrected chi connectivity index (χ3v) is 3.47. The second-order valence-electron chi connectivity index (χ2n) is 4.46. The Balaban J connectivity index is 2.35. The normalized spacial score (nSPS) is 11.4. The minimum atomic E-state index is 0.856. The van der Waals surface area contributed by atoms with Gasteiger partial charge in [0.05, 0.1) is 24.3 Å². The van der Waals surface area contributed by atoms with Gasteiger partial charge in [-0.05, 0) is 29.7 Å². The number of para-hydroxylation sites is 1. The molecule has 2 aromatic carbocycles. The zero-order valence-corrected chi connectivity index (χ0v) is 10.4. The first-order valence-electron chi connectivity index (χ1n) is 6.07. The molecule has 2 heterocycles. The Kier molecular flexibility index (Phi) is 2.00. The molecular formula is C15H11N3O. The van der Waals surface area contributed by atoms with Crippen molar-refractivity contribution in [3.63, 3.8) is 0 Å². The van der Waals surface area contributed by atoms with Crippen molar-refractivity contribution < 1.29 is 4.74 Å². The molecule has 0 bridgehead atoms.